The summed E-state index contributed by atoms with van der Waals surface area (Å²) in [4.78, 5) is 18.5. The summed E-state index contributed by atoms with van der Waals surface area (Å²) >= 11 is 0. The van der Waals surface area contributed by atoms with Crippen LogP contribution in [0.3, 0.4) is 0 Å². The maximum atomic E-state index is 13.8. The lowest BCUT2D eigenvalue weighted by atomic mass is 9.79. The monoisotopic (exact) mass is 391 g/mol. The topological polar surface area (TPSA) is 48.1 Å². The molecule has 2 N–H and O–H groups in total. The van der Waals surface area contributed by atoms with Gasteiger partial charge in [0.25, 0.3) is 0 Å². The van der Waals surface area contributed by atoms with Crippen molar-refractivity contribution in [2.45, 2.75) is 31.7 Å². The number of hydrogen-bond acceptors (Lipinski definition) is 3. The molecule has 3 heterocycles. The summed E-state index contributed by atoms with van der Waals surface area (Å²) in [5.74, 6) is -0.00403. The van der Waals surface area contributed by atoms with E-state index >= 15 is 0 Å². The summed E-state index contributed by atoms with van der Waals surface area (Å²) in [6.07, 6.45) is 2.79. The van der Waals surface area contributed by atoms with Crippen molar-refractivity contribution in [2.24, 2.45) is 0 Å². The fraction of sp³-hybridized carbons (Fsp3) is 0.375. The number of nitrogens with one attached hydrogen (secondary N) is 2. The number of benzene rings is 2. The van der Waals surface area contributed by atoms with Gasteiger partial charge >= 0.3 is 0 Å². The van der Waals surface area contributed by atoms with Gasteiger partial charge in [0.2, 0.25) is 0 Å². The average Bonchev–Trinajstić information content (AvgIpc) is 3.10. The van der Waals surface area contributed by atoms with Crippen LogP contribution in [0.4, 0.5) is 4.39 Å². The van der Waals surface area contributed by atoms with Gasteiger partial charge in [-0.1, -0.05) is 29.8 Å². The molecule has 5 heteroatoms. The third kappa shape index (κ3) is 3.28. The van der Waals surface area contributed by atoms with E-state index in [0.29, 0.717) is 6.54 Å². The second-order valence-corrected chi connectivity index (χ2v) is 8.49. The number of carbonyl (C=O) groups excluding carboxylic acids is 1. The van der Waals surface area contributed by atoms with Gasteiger partial charge in [-0.25, -0.2) is 4.39 Å². The Morgan fingerprint density at radius 2 is 1.90 bits per heavy atom. The van der Waals surface area contributed by atoms with E-state index in [1.165, 1.54) is 22.9 Å². The quantitative estimate of drug-likeness (QED) is 0.665. The molecule has 3 aromatic rings. The van der Waals surface area contributed by atoms with Crippen LogP contribution >= 0.6 is 0 Å². The van der Waals surface area contributed by atoms with Crippen LogP contribution in [-0.2, 0) is 12.0 Å². The molecule has 4 nitrogen and oxygen atoms in total. The standard InChI is InChI=1S/C24H26FN3O/c1-16-2-4-17(5-3-16)22(29)15-28-12-9-24(10-13-28)23-19(8-11-26-24)20-14-18(25)6-7-21(20)27-23/h2-7,14,26-27H,8-13,15H2,1H3. The zero-order chi connectivity index (χ0) is 20.0. The highest BCUT2D eigenvalue weighted by molar-refractivity contribution is 5.97. The number of Topliss-reactive ketones (excluding diaryl/α,β-unsaturated/α-hetero) is 1. The van der Waals surface area contributed by atoms with Gasteiger partial charge in [-0.3, -0.25) is 9.69 Å². The second kappa shape index (κ2) is 7.08. The fourth-order valence-corrected chi connectivity index (χ4v) is 4.96. The first kappa shape index (κ1) is 18.5. The Hall–Kier alpha value is -2.50. The van der Waals surface area contributed by atoms with Gasteiger partial charge in [0.05, 0.1) is 12.1 Å². The van der Waals surface area contributed by atoms with E-state index in [1.54, 1.807) is 6.07 Å². The minimum Gasteiger partial charge on any atom is -0.357 e. The Labute approximate surface area is 170 Å². The molecule has 5 rings (SSSR count). The molecule has 0 saturated carbocycles. The number of fused-ring (bicyclic) bond motifs is 4. The zero-order valence-electron chi connectivity index (χ0n) is 16.7. The van der Waals surface area contributed by atoms with Crippen molar-refractivity contribution in [1.82, 2.24) is 15.2 Å². The van der Waals surface area contributed by atoms with Crippen LogP contribution in [0.25, 0.3) is 10.9 Å². The molecule has 0 unspecified atom stereocenters. The van der Waals surface area contributed by atoms with Gasteiger partial charge in [-0.05, 0) is 49.9 Å². The Kier molecular flexibility index (Phi) is 4.52. The third-order valence-corrected chi connectivity index (χ3v) is 6.64. The van der Waals surface area contributed by atoms with Crippen molar-refractivity contribution < 1.29 is 9.18 Å². The Morgan fingerprint density at radius 1 is 1.14 bits per heavy atom. The van der Waals surface area contributed by atoms with E-state index in [1.807, 2.05) is 37.3 Å². The number of aryl methyl sites for hydroxylation is 1. The summed E-state index contributed by atoms with van der Waals surface area (Å²) in [5.41, 5.74) is 5.32. The number of aromatic amines is 1. The maximum Gasteiger partial charge on any atom is 0.176 e. The number of carbonyl (C=O) groups is 1. The van der Waals surface area contributed by atoms with E-state index in [2.05, 4.69) is 15.2 Å². The van der Waals surface area contributed by atoms with Gasteiger partial charge in [0, 0.05) is 41.8 Å². The van der Waals surface area contributed by atoms with Gasteiger partial charge in [-0.2, -0.15) is 0 Å². The molecule has 1 saturated heterocycles. The van der Waals surface area contributed by atoms with Crippen LogP contribution in [0.15, 0.2) is 42.5 Å². The van der Waals surface area contributed by atoms with Crippen molar-refractivity contribution in [3.8, 4) is 0 Å². The highest BCUT2D eigenvalue weighted by atomic mass is 19.1. The first-order chi connectivity index (χ1) is 14.0. The fourth-order valence-electron chi connectivity index (χ4n) is 4.96. The van der Waals surface area contributed by atoms with Crippen molar-refractivity contribution in [3.05, 3.63) is 70.7 Å². The maximum absolute atomic E-state index is 13.8. The van der Waals surface area contributed by atoms with Crippen LogP contribution in [0.2, 0.25) is 0 Å². The minimum absolute atomic E-state index is 0.105. The number of aromatic nitrogens is 1. The molecule has 1 spiro atoms. The van der Waals surface area contributed by atoms with E-state index in [0.717, 1.165) is 55.4 Å². The summed E-state index contributed by atoms with van der Waals surface area (Å²) in [7, 11) is 0. The molecule has 150 valence electrons. The number of piperidine rings is 1. The molecule has 0 atom stereocenters. The molecule has 2 aliphatic heterocycles. The van der Waals surface area contributed by atoms with Crippen LogP contribution in [0, 0.1) is 12.7 Å². The molecule has 0 radical (unpaired) electrons. The molecule has 2 aliphatic rings. The lowest BCUT2D eigenvalue weighted by Crippen LogP contribution is -2.54. The first-order valence-corrected chi connectivity index (χ1v) is 10.4. The smallest absolute Gasteiger partial charge is 0.176 e. The van der Waals surface area contributed by atoms with Crippen molar-refractivity contribution >= 4 is 16.7 Å². The van der Waals surface area contributed by atoms with Crippen LogP contribution in [0.1, 0.15) is 40.0 Å². The second-order valence-electron chi connectivity index (χ2n) is 8.49. The van der Waals surface area contributed by atoms with Gasteiger partial charge in [0.1, 0.15) is 5.82 Å². The lowest BCUT2D eigenvalue weighted by Gasteiger charge is -2.44. The minimum atomic E-state index is -0.184. The zero-order valence-corrected chi connectivity index (χ0v) is 16.7. The van der Waals surface area contributed by atoms with Crippen LogP contribution in [0.5, 0.6) is 0 Å². The molecule has 1 aromatic heterocycles. The Morgan fingerprint density at radius 3 is 2.66 bits per heavy atom. The Bertz CT molecular complexity index is 1060. The molecular formula is C24H26FN3O. The van der Waals surface area contributed by atoms with Crippen molar-refractivity contribution in [1.29, 1.82) is 0 Å². The number of H-pyrrole nitrogens is 1. The summed E-state index contributed by atoms with van der Waals surface area (Å²) in [6.45, 7) is 5.13. The number of hydrogen-bond donors (Lipinski definition) is 2. The van der Waals surface area contributed by atoms with Gasteiger partial charge in [-0.15, -0.1) is 0 Å². The SMILES string of the molecule is Cc1ccc(C(=O)CN2CCC3(CC2)NCCc2c3[nH]c3ccc(F)cc23)cc1. The summed E-state index contributed by atoms with van der Waals surface area (Å²) in [5, 5.41) is 4.75. The number of likely N-dealkylation sites (tertiary alicyclic amines) is 1. The van der Waals surface area contributed by atoms with E-state index in [9.17, 15) is 9.18 Å². The predicted molar refractivity (Wildman–Crippen MR) is 113 cm³/mol. The molecular weight excluding hydrogens is 365 g/mol. The summed E-state index contributed by atoms with van der Waals surface area (Å²) in [6, 6.07) is 12.8. The summed E-state index contributed by atoms with van der Waals surface area (Å²) < 4.78 is 13.8. The lowest BCUT2D eigenvalue weighted by molar-refractivity contribution is 0.0841. The molecule has 1 fully saturated rings. The number of halogens is 1. The molecule has 0 amide bonds. The van der Waals surface area contributed by atoms with E-state index in [-0.39, 0.29) is 17.1 Å². The Balaban J connectivity index is 1.33. The van der Waals surface area contributed by atoms with Crippen LogP contribution in [-0.4, -0.2) is 41.8 Å². The van der Waals surface area contributed by atoms with Gasteiger partial charge in [0.15, 0.2) is 5.78 Å². The molecule has 0 bridgehead atoms. The molecule has 0 aliphatic carbocycles. The van der Waals surface area contributed by atoms with Gasteiger partial charge < -0.3 is 10.3 Å². The third-order valence-electron chi connectivity index (χ3n) is 6.64. The number of ketones is 1. The first-order valence-electron chi connectivity index (χ1n) is 10.4. The molecule has 2 aromatic carbocycles. The number of rotatable bonds is 3. The highest BCUT2D eigenvalue weighted by Crippen LogP contribution is 2.40. The highest BCUT2D eigenvalue weighted by Gasteiger charge is 2.41. The largest absolute Gasteiger partial charge is 0.357 e. The normalized spacial score (nSPS) is 18.8. The van der Waals surface area contributed by atoms with Crippen molar-refractivity contribution in [3.63, 3.8) is 0 Å². The van der Waals surface area contributed by atoms with E-state index < -0.39 is 0 Å². The van der Waals surface area contributed by atoms with Crippen LogP contribution < -0.4 is 5.32 Å². The average molecular weight is 391 g/mol. The van der Waals surface area contributed by atoms with Crippen molar-refractivity contribution in [2.75, 3.05) is 26.2 Å². The van der Waals surface area contributed by atoms with E-state index in [4.69, 9.17) is 0 Å². The molecule has 29 heavy (non-hydrogen) atoms. The number of nitrogens with zero attached hydrogens (tertiary/aromatic N) is 1. The predicted octanol–water partition coefficient (Wildman–Crippen LogP) is 3.94.